The van der Waals surface area contributed by atoms with Crippen molar-refractivity contribution in [1.29, 1.82) is 0 Å². The maximum absolute atomic E-state index is 12.5. The van der Waals surface area contributed by atoms with E-state index in [2.05, 4.69) is 5.32 Å². The van der Waals surface area contributed by atoms with Gasteiger partial charge in [0, 0.05) is 24.0 Å². The predicted molar refractivity (Wildman–Crippen MR) is 74.6 cm³/mol. The largest absolute Gasteiger partial charge is 0.352 e. The molecular weight excluding hydrogens is 262 g/mol. The minimum Gasteiger partial charge on any atom is -0.352 e. The van der Waals surface area contributed by atoms with E-state index >= 15 is 0 Å². The number of hydrogen-bond acceptors (Lipinski definition) is 4. The van der Waals surface area contributed by atoms with Crippen LogP contribution in [0.2, 0.25) is 0 Å². The molecule has 0 aliphatic carbocycles. The highest BCUT2D eigenvalue weighted by molar-refractivity contribution is 7.10. The lowest BCUT2D eigenvalue weighted by Gasteiger charge is -2.36. The first kappa shape index (κ1) is 14.0. The Morgan fingerprint density at radius 2 is 2.32 bits per heavy atom. The van der Waals surface area contributed by atoms with Gasteiger partial charge < -0.3 is 16.0 Å². The quantitative estimate of drug-likeness (QED) is 0.857. The number of nitrogens with zero attached hydrogens (tertiary/aromatic N) is 1. The lowest BCUT2D eigenvalue weighted by molar-refractivity contribution is -0.146. The molecule has 1 aliphatic rings. The Bertz CT molecular complexity index is 458. The zero-order valence-corrected chi connectivity index (χ0v) is 11.9. The Morgan fingerprint density at radius 3 is 2.89 bits per heavy atom. The fourth-order valence-electron chi connectivity index (χ4n) is 2.12. The maximum atomic E-state index is 12.5. The van der Waals surface area contributed by atoms with Crippen LogP contribution in [0.25, 0.3) is 0 Å². The van der Waals surface area contributed by atoms with Gasteiger partial charge in [0.05, 0.1) is 5.92 Å². The van der Waals surface area contributed by atoms with Gasteiger partial charge in [-0.1, -0.05) is 13.0 Å². The van der Waals surface area contributed by atoms with Gasteiger partial charge in [0.2, 0.25) is 11.8 Å². The number of carbonyl (C=O) groups excluding carboxylic acids is 2. The molecule has 0 saturated carbocycles. The molecule has 2 rings (SSSR count). The Labute approximate surface area is 116 Å². The first-order valence-corrected chi connectivity index (χ1v) is 7.27. The summed E-state index contributed by atoms with van der Waals surface area (Å²) in [5, 5.41) is 4.73. The number of amides is 2. The maximum Gasteiger partial charge on any atom is 0.248 e. The Hall–Kier alpha value is -1.40. The van der Waals surface area contributed by atoms with Gasteiger partial charge >= 0.3 is 0 Å². The summed E-state index contributed by atoms with van der Waals surface area (Å²) >= 11 is 1.49. The highest BCUT2D eigenvalue weighted by atomic mass is 32.1. The smallest absolute Gasteiger partial charge is 0.248 e. The summed E-state index contributed by atoms with van der Waals surface area (Å²) in [6.07, 6.45) is 0. The summed E-state index contributed by atoms with van der Waals surface area (Å²) in [5.41, 5.74) is 5.80. The number of nitrogens with two attached hydrogens (primary N) is 1. The normalized spacial score (nSPS) is 22.8. The molecule has 1 aromatic heterocycles. The van der Waals surface area contributed by atoms with E-state index in [0.717, 1.165) is 4.88 Å². The van der Waals surface area contributed by atoms with Crippen molar-refractivity contribution in [3.63, 3.8) is 0 Å². The van der Waals surface area contributed by atoms with Crippen molar-refractivity contribution >= 4 is 23.2 Å². The van der Waals surface area contributed by atoms with E-state index in [4.69, 9.17) is 5.73 Å². The molecule has 5 nitrogen and oxygen atoms in total. The molecule has 3 unspecified atom stereocenters. The minimum absolute atomic E-state index is 0.0525. The lowest BCUT2D eigenvalue weighted by Crippen LogP contribution is -2.54. The average Bonchev–Trinajstić information content (AvgIpc) is 2.90. The van der Waals surface area contributed by atoms with Crippen molar-refractivity contribution in [2.45, 2.75) is 25.9 Å². The van der Waals surface area contributed by atoms with Crippen molar-refractivity contribution < 1.29 is 9.59 Å². The molecule has 1 saturated heterocycles. The van der Waals surface area contributed by atoms with Crippen LogP contribution in [0.4, 0.5) is 0 Å². The van der Waals surface area contributed by atoms with Gasteiger partial charge in [0.15, 0.2) is 0 Å². The minimum atomic E-state index is -0.512. The average molecular weight is 281 g/mol. The third kappa shape index (κ3) is 2.79. The summed E-state index contributed by atoms with van der Waals surface area (Å²) in [6, 6.07) is 3.04. The number of rotatable bonds is 3. The zero-order chi connectivity index (χ0) is 14.0. The molecule has 0 aromatic carbocycles. The molecule has 2 amide bonds. The molecule has 6 heteroatoms. The predicted octanol–water partition coefficient (Wildman–Crippen LogP) is 0.731. The molecular formula is C13H19N3O2S. The third-order valence-electron chi connectivity index (χ3n) is 3.49. The van der Waals surface area contributed by atoms with Gasteiger partial charge in [-0.05, 0) is 18.4 Å². The number of hydrogen-bond donors (Lipinski definition) is 2. The fourth-order valence-corrected chi connectivity index (χ4v) is 2.95. The Morgan fingerprint density at radius 1 is 1.58 bits per heavy atom. The van der Waals surface area contributed by atoms with Crippen LogP contribution in [0.5, 0.6) is 0 Å². The number of nitrogens with one attached hydrogen (secondary N) is 1. The monoisotopic (exact) mass is 281 g/mol. The second-order valence-electron chi connectivity index (χ2n) is 4.89. The first-order chi connectivity index (χ1) is 9.02. The fraction of sp³-hybridized carbons (Fsp3) is 0.538. The van der Waals surface area contributed by atoms with Crippen molar-refractivity contribution in [3.8, 4) is 0 Å². The molecule has 0 spiro atoms. The van der Waals surface area contributed by atoms with Gasteiger partial charge in [-0.15, -0.1) is 11.3 Å². The standard InChI is InChI=1S/C13H19N3O2S/c1-8(9(2)14)13(18)16-6-5-15-12(17)11(16)10-4-3-7-19-10/h3-4,7-9,11H,5-6,14H2,1-2H3,(H,15,17). The number of thiophene rings is 1. The van der Waals surface area contributed by atoms with Crippen LogP contribution in [0, 0.1) is 5.92 Å². The Kier molecular flexibility index (Phi) is 4.21. The van der Waals surface area contributed by atoms with E-state index in [0.29, 0.717) is 13.1 Å². The first-order valence-electron chi connectivity index (χ1n) is 6.39. The molecule has 2 heterocycles. The van der Waals surface area contributed by atoms with Crippen LogP contribution < -0.4 is 11.1 Å². The SMILES string of the molecule is CC(N)C(C)C(=O)N1CCNC(=O)C1c1cccs1. The second kappa shape index (κ2) is 5.71. The molecule has 3 atom stereocenters. The van der Waals surface area contributed by atoms with E-state index < -0.39 is 6.04 Å². The third-order valence-corrected chi connectivity index (χ3v) is 4.41. The van der Waals surface area contributed by atoms with Crippen LogP contribution in [-0.2, 0) is 9.59 Å². The summed E-state index contributed by atoms with van der Waals surface area (Å²) in [5.74, 6) is -0.449. The Balaban J connectivity index is 2.26. The van der Waals surface area contributed by atoms with Crippen LogP contribution in [0.15, 0.2) is 17.5 Å². The van der Waals surface area contributed by atoms with Gasteiger partial charge in [-0.2, -0.15) is 0 Å². The van der Waals surface area contributed by atoms with Gasteiger partial charge in [0.1, 0.15) is 6.04 Å². The summed E-state index contributed by atoms with van der Waals surface area (Å²) in [6.45, 7) is 4.65. The molecule has 104 valence electrons. The molecule has 0 radical (unpaired) electrons. The van der Waals surface area contributed by atoms with Crippen LogP contribution in [-0.4, -0.2) is 35.8 Å². The number of carbonyl (C=O) groups is 2. The van der Waals surface area contributed by atoms with Gasteiger partial charge in [-0.3, -0.25) is 9.59 Å². The van der Waals surface area contributed by atoms with Crippen molar-refractivity contribution in [3.05, 3.63) is 22.4 Å². The van der Waals surface area contributed by atoms with Crippen molar-refractivity contribution in [2.24, 2.45) is 11.7 Å². The van der Waals surface area contributed by atoms with Crippen molar-refractivity contribution in [1.82, 2.24) is 10.2 Å². The van der Waals surface area contributed by atoms with E-state index in [1.54, 1.807) is 4.90 Å². The molecule has 19 heavy (non-hydrogen) atoms. The van der Waals surface area contributed by atoms with Crippen LogP contribution >= 0.6 is 11.3 Å². The van der Waals surface area contributed by atoms with Gasteiger partial charge in [-0.25, -0.2) is 0 Å². The molecule has 1 aromatic rings. The summed E-state index contributed by atoms with van der Waals surface area (Å²) in [4.78, 5) is 27.1. The summed E-state index contributed by atoms with van der Waals surface area (Å²) in [7, 11) is 0. The topological polar surface area (TPSA) is 75.4 Å². The second-order valence-corrected chi connectivity index (χ2v) is 5.87. The number of piperazine rings is 1. The van der Waals surface area contributed by atoms with E-state index in [1.807, 2.05) is 31.4 Å². The van der Waals surface area contributed by atoms with Crippen molar-refractivity contribution in [2.75, 3.05) is 13.1 Å². The highest BCUT2D eigenvalue weighted by Gasteiger charge is 2.37. The molecule has 1 aliphatic heterocycles. The lowest BCUT2D eigenvalue weighted by atomic mass is 10.0. The van der Waals surface area contributed by atoms with Crippen LogP contribution in [0.3, 0.4) is 0 Å². The van der Waals surface area contributed by atoms with Gasteiger partial charge in [0.25, 0.3) is 0 Å². The molecule has 1 fully saturated rings. The van der Waals surface area contributed by atoms with E-state index in [-0.39, 0.29) is 23.8 Å². The zero-order valence-electron chi connectivity index (χ0n) is 11.1. The summed E-state index contributed by atoms with van der Waals surface area (Å²) < 4.78 is 0. The van der Waals surface area contributed by atoms with E-state index in [1.165, 1.54) is 11.3 Å². The highest BCUT2D eigenvalue weighted by Crippen LogP contribution is 2.28. The molecule has 3 N–H and O–H groups in total. The molecule has 0 bridgehead atoms. The van der Waals surface area contributed by atoms with E-state index in [9.17, 15) is 9.59 Å². The van der Waals surface area contributed by atoms with Crippen LogP contribution in [0.1, 0.15) is 24.8 Å².